The molecule has 1 aliphatic rings. The summed E-state index contributed by atoms with van der Waals surface area (Å²) in [5.41, 5.74) is 3.96. The van der Waals surface area contributed by atoms with Crippen LogP contribution in [0.2, 0.25) is 0 Å². The quantitative estimate of drug-likeness (QED) is 0.325. The largest absolute Gasteiger partial charge is 0.468 e. The van der Waals surface area contributed by atoms with Gasteiger partial charge >= 0.3 is 0 Å². The first kappa shape index (κ1) is 24.2. The van der Waals surface area contributed by atoms with Crippen LogP contribution < -0.4 is 5.32 Å². The molecule has 0 spiro atoms. The average Bonchev–Trinajstić information content (AvgIpc) is 3.60. The summed E-state index contributed by atoms with van der Waals surface area (Å²) in [4.78, 5) is 36.1. The van der Waals surface area contributed by atoms with E-state index in [1.165, 1.54) is 0 Å². The lowest BCUT2D eigenvalue weighted by Crippen LogP contribution is -2.38. The molecule has 3 aromatic heterocycles. The number of pyridine rings is 1. The van der Waals surface area contributed by atoms with E-state index in [4.69, 9.17) is 9.40 Å². The van der Waals surface area contributed by atoms with E-state index in [1.54, 1.807) is 18.0 Å². The van der Waals surface area contributed by atoms with Crippen LogP contribution in [0.4, 0.5) is 0 Å². The Bertz CT molecular complexity index is 1340. The molecule has 1 aromatic carbocycles. The minimum Gasteiger partial charge on any atom is -0.468 e. The van der Waals surface area contributed by atoms with Gasteiger partial charge in [-0.3, -0.25) is 14.6 Å². The number of carbonyl (C=O) groups excluding carboxylic acids is 2. The lowest BCUT2D eigenvalue weighted by molar-refractivity contribution is 0.0712. The van der Waals surface area contributed by atoms with Gasteiger partial charge in [-0.25, -0.2) is 0 Å². The van der Waals surface area contributed by atoms with E-state index < -0.39 is 0 Å². The van der Waals surface area contributed by atoms with Crippen molar-refractivity contribution in [2.24, 2.45) is 0 Å². The van der Waals surface area contributed by atoms with Gasteiger partial charge in [-0.05, 0) is 56.2 Å². The maximum absolute atomic E-state index is 13.2. The van der Waals surface area contributed by atoms with E-state index in [2.05, 4.69) is 10.3 Å². The molecule has 0 saturated carbocycles. The number of aromatic nitrogens is 2. The molecule has 4 heterocycles. The first-order valence-electron chi connectivity index (χ1n) is 12.3. The number of carbonyl (C=O) groups is 2. The van der Waals surface area contributed by atoms with Crippen molar-refractivity contribution in [2.45, 2.75) is 31.4 Å². The third-order valence-electron chi connectivity index (χ3n) is 6.65. The maximum atomic E-state index is 13.2. The lowest BCUT2D eigenvalue weighted by Gasteiger charge is -2.32. The Balaban J connectivity index is 1.19. The number of benzene rings is 1. The number of aryl methyl sites for hydroxylation is 1. The van der Waals surface area contributed by atoms with Crippen molar-refractivity contribution in [2.75, 3.05) is 25.4 Å². The molecule has 36 heavy (non-hydrogen) atoms. The van der Waals surface area contributed by atoms with E-state index in [-0.39, 0.29) is 17.7 Å². The van der Waals surface area contributed by atoms with Crippen molar-refractivity contribution in [3.63, 3.8) is 0 Å². The molecule has 1 fully saturated rings. The summed E-state index contributed by atoms with van der Waals surface area (Å²) in [5.74, 6) is 2.62. The molecule has 186 valence electrons. The highest BCUT2D eigenvalue weighted by Crippen LogP contribution is 2.31. The number of amides is 2. The number of nitrogens with one attached hydrogen (secondary N) is 2. The molecule has 5 rings (SSSR count). The van der Waals surface area contributed by atoms with Crippen LogP contribution >= 0.6 is 11.8 Å². The van der Waals surface area contributed by atoms with Crippen molar-refractivity contribution >= 4 is 34.5 Å². The van der Waals surface area contributed by atoms with Crippen molar-refractivity contribution in [3.8, 4) is 0 Å². The van der Waals surface area contributed by atoms with Crippen molar-refractivity contribution in [1.82, 2.24) is 20.2 Å². The molecule has 0 radical (unpaired) electrons. The van der Waals surface area contributed by atoms with Crippen molar-refractivity contribution < 1.29 is 14.0 Å². The Morgan fingerprint density at radius 3 is 2.78 bits per heavy atom. The Labute approximate surface area is 214 Å². The van der Waals surface area contributed by atoms with E-state index in [0.29, 0.717) is 30.8 Å². The molecule has 2 N–H and O–H groups in total. The van der Waals surface area contributed by atoms with Gasteiger partial charge in [-0.15, -0.1) is 0 Å². The molecule has 1 saturated heterocycles. The second-order valence-electron chi connectivity index (χ2n) is 9.09. The zero-order valence-electron chi connectivity index (χ0n) is 20.3. The SMILES string of the molecule is Cc1ccc(C(=O)NCCSCc2ccco2)c(C2CCN(C(=O)c3cccc4cc[nH]c34)CC2)n1. The Hall–Kier alpha value is -3.52. The van der Waals surface area contributed by atoms with Crippen LogP contribution in [0.5, 0.6) is 0 Å². The van der Waals surface area contributed by atoms with Gasteiger partial charge in [0.15, 0.2) is 0 Å². The lowest BCUT2D eigenvalue weighted by atomic mass is 9.89. The first-order valence-corrected chi connectivity index (χ1v) is 13.5. The number of thioether (sulfide) groups is 1. The number of aromatic amines is 1. The highest BCUT2D eigenvalue weighted by Gasteiger charge is 2.29. The van der Waals surface area contributed by atoms with Crippen LogP contribution in [-0.2, 0) is 5.75 Å². The number of rotatable bonds is 8. The minimum absolute atomic E-state index is 0.0451. The third kappa shape index (κ3) is 5.33. The zero-order chi connectivity index (χ0) is 24.9. The summed E-state index contributed by atoms with van der Waals surface area (Å²) in [7, 11) is 0. The highest BCUT2D eigenvalue weighted by molar-refractivity contribution is 7.98. The summed E-state index contributed by atoms with van der Waals surface area (Å²) < 4.78 is 5.34. The number of furan rings is 1. The monoisotopic (exact) mass is 502 g/mol. The predicted octanol–water partition coefficient (Wildman–Crippen LogP) is 5.15. The maximum Gasteiger partial charge on any atom is 0.255 e. The molecule has 7 nitrogen and oxygen atoms in total. The summed E-state index contributed by atoms with van der Waals surface area (Å²) >= 11 is 1.72. The third-order valence-corrected chi connectivity index (χ3v) is 7.63. The van der Waals surface area contributed by atoms with Crippen molar-refractivity contribution in [3.05, 3.63) is 89.3 Å². The van der Waals surface area contributed by atoms with Gasteiger partial charge in [-0.1, -0.05) is 12.1 Å². The fourth-order valence-electron chi connectivity index (χ4n) is 4.77. The van der Waals surface area contributed by atoms with Crippen LogP contribution in [0.3, 0.4) is 0 Å². The molecular weight excluding hydrogens is 472 g/mol. The number of para-hydroxylation sites is 1. The fraction of sp³-hybridized carbons (Fsp3) is 0.321. The normalized spacial score (nSPS) is 14.3. The van der Waals surface area contributed by atoms with E-state index in [1.807, 2.05) is 66.6 Å². The number of nitrogens with zero attached hydrogens (tertiary/aromatic N) is 2. The summed E-state index contributed by atoms with van der Waals surface area (Å²) in [6.45, 7) is 3.81. The number of hydrogen-bond acceptors (Lipinski definition) is 5. The van der Waals surface area contributed by atoms with Crippen molar-refractivity contribution in [1.29, 1.82) is 0 Å². The van der Waals surface area contributed by atoms with Crippen LogP contribution in [0.25, 0.3) is 10.9 Å². The molecule has 8 heteroatoms. The fourth-order valence-corrected chi connectivity index (χ4v) is 5.53. The van der Waals surface area contributed by atoms with Gasteiger partial charge in [0.25, 0.3) is 11.8 Å². The smallest absolute Gasteiger partial charge is 0.255 e. The summed E-state index contributed by atoms with van der Waals surface area (Å²) in [5, 5.41) is 4.08. The summed E-state index contributed by atoms with van der Waals surface area (Å²) in [6.07, 6.45) is 5.10. The highest BCUT2D eigenvalue weighted by atomic mass is 32.2. The number of H-pyrrole nitrogens is 1. The van der Waals surface area contributed by atoms with Gasteiger partial charge in [0.05, 0.1) is 34.4 Å². The van der Waals surface area contributed by atoms with Crippen LogP contribution in [0, 0.1) is 6.92 Å². The van der Waals surface area contributed by atoms with Crippen LogP contribution in [0.1, 0.15) is 56.6 Å². The minimum atomic E-state index is -0.0898. The average molecular weight is 503 g/mol. The van der Waals surface area contributed by atoms with E-state index >= 15 is 0 Å². The first-order chi connectivity index (χ1) is 17.6. The molecule has 2 amide bonds. The van der Waals surface area contributed by atoms with Crippen LogP contribution in [0.15, 0.2) is 65.4 Å². The number of piperidine rings is 1. The number of hydrogen-bond donors (Lipinski definition) is 2. The molecule has 0 unspecified atom stereocenters. The zero-order valence-corrected chi connectivity index (χ0v) is 21.1. The molecule has 0 aliphatic carbocycles. The molecule has 4 aromatic rings. The van der Waals surface area contributed by atoms with Gasteiger partial charge in [0.2, 0.25) is 0 Å². The predicted molar refractivity (Wildman–Crippen MR) is 142 cm³/mol. The Kier molecular flexibility index (Phi) is 7.41. The molecule has 0 bridgehead atoms. The van der Waals surface area contributed by atoms with E-state index in [0.717, 1.165) is 52.4 Å². The van der Waals surface area contributed by atoms with Gasteiger partial charge in [0, 0.05) is 48.6 Å². The van der Waals surface area contributed by atoms with Crippen LogP contribution in [-0.4, -0.2) is 52.1 Å². The van der Waals surface area contributed by atoms with Gasteiger partial charge in [0.1, 0.15) is 5.76 Å². The number of fused-ring (bicyclic) bond motifs is 1. The topological polar surface area (TPSA) is 91.2 Å². The van der Waals surface area contributed by atoms with Gasteiger partial charge in [-0.2, -0.15) is 11.8 Å². The Morgan fingerprint density at radius 1 is 1.11 bits per heavy atom. The Morgan fingerprint density at radius 2 is 1.97 bits per heavy atom. The second-order valence-corrected chi connectivity index (χ2v) is 10.2. The van der Waals surface area contributed by atoms with E-state index in [9.17, 15) is 9.59 Å². The molecular formula is C28H30N4O3S. The number of likely N-dealkylation sites (tertiary alicyclic amines) is 1. The van der Waals surface area contributed by atoms with Gasteiger partial charge < -0.3 is 19.6 Å². The molecule has 1 aliphatic heterocycles. The second kappa shape index (κ2) is 11.0. The summed E-state index contributed by atoms with van der Waals surface area (Å²) in [6, 6.07) is 15.4. The standard InChI is InChI=1S/C28H30N4O3S/c1-19-7-8-23(27(33)30-13-17-36-18-22-5-3-16-35-22)26(31-19)21-10-14-32(15-11-21)28(34)24-6-2-4-20-9-12-29-25(20)24/h2-9,12,16,21,29H,10-11,13-15,17-18H2,1H3,(H,30,33). The molecule has 0 atom stereocenters.